The molecule has 1 N–H and O–H groups in total. The summed E-state index contributed by atoms with van der Waals surface area (Å²) in [5, 5.41) is 9.24. The van der Waals surface area contributed by atoms with Crippen molar-refractivity contribution in [2.75, 3.05) is 6.61 Å². The van der Waals surface area contributed by atoms with Gasteiger partial charge < -0.3 is 14.6 Å². The van der Waals surface area contributed by atoms with Gasteiger partial charge in [-0.15, -0.1) is 0 Å². The molecule has 76 valence electrons. The van der Waals surface area contributed by atoms with Crippen molar-refractivity contribution in [3.05, 3.63) is 24.3 Å². The van der Waals surface area contributed by atoms with Crippen molar-refractivity contribution in [2.45, 2.75) is 25.6 Å². The van der Waals surface area contributed by atoms with Crippen LogP contribution in [0.1, 0.15) is 13.8 Å². The Balaban J connectivity index is 2.36. The summed E-state index contributed by atoms with van der Waals surface area (Å²) in [6.45, 7) is 3.68. The van der Waals surface area contributed by atoms with Crippen LogP contribution in [0.5, 0.6) is 11.5 Å². The van der Waals surface area contributed by atoms with E-state index in [1.165, 1.54) is 0 Å². The zero-order chi connectivity index (χ0) is 10.2. The lowest BCUT2D eigenvalue weighted by Crippen LogP contribution is -2.51. The number of hydrogen-bond donors (Lipinski definition) is 1. The molecule has 0 aromatic heterocycles. The van der Waals surface area contributed by atoms with Crippen LogP contribution in [0.15, 0.2) is 24.3 Å². The predicted octanol–water partition coefficient (Wildman–Crippen LogP) is 1.60. The molecular formula is C11H14O3. The number of ether oxygens (including phenoxy) is 2. The van der Waals surface area contributed by atoms with Gasteiger partial charge in [0.05, 0.1) is 6.61 Å². The van der Waals surface area contributed by atoms with E-state index in [0.29, 0.717) is 5.75 Å². The van der Waals surface area contributed by atoms with E-state index in [9.17, 15) is 5.11 Å². The molecule has 3 nitrogen and oxygen atoms in total. The van der Waals surface area contributed by atoms with E-state index in [1.807, 2.05) is 38.1 Å². The third-order valence-electron chi connectivity index (χ3n) is 2.67. The maximum absolute atomic E-state index is 9.24. The summed E-state index contributed by atoms with van der Waals surface area (Å²) in [6, 6.07) is 7.49. The number of rotatable bonds is 1. The first-order chi connectivity index (χ1) is 6.65. The van der Waals surface area contributed by atoms with Gasteiger partial charge in [0, 0.05) is 0 Å². The van der Waals surface area contributed by atoms with Gasteiger partial charge in [0.25, 0.3) is 0 Å². The molecule has 3 heteroatoms. The summed E-state index contributed by atoms with van der Waals surface area (Å²) in [5.41, 5.74) is -0.644. The molecule has 0 aliphatic carbocycles. The monoisotopic (exact) mass is 194 g/mol. The molecule has 2 unspecified atom stereocenters. The lowest BCUT2D eigenvalue weighted by molar-refractivity contribution is -0.0768. The minimum absolute atomic E-state index is 0.0531. The van der Waals surface area contributed by atoms with Gasteiger partial charge in [0.15, 0.2) is 17.1 Å². The third-order valence-corrected chi connectivity index (χ3v) is 2.67. The van der Waals surface area contributed by atoms with Crippen molar-refractivity contribution in [1.29, 1.82) is 0 Å². The lowest BCUT2D eigenvalue weighted by atomic mass is 10.00. The molecular weight excluding hydrogens is 180 g/mol. The summed E-state index contributed by atoms with van der Waals surface area (Å²) in [6.07, 6.45) is -0.151. The van der Waals surface area contributed by atoms with Crippen LogP contribution in [0.2, 0.25) is 0 Å². The van der Waals surface area contributed by atoms with E-state index in [1.54, 1.807) is 0 Å². The number of fused-ring (bicyclic) bond motifs is 1. The van der Waals surface area contributed by atoms with Gasteiger partial charge in [-0.3, -0.25) is 0 Å². The molecule has 0 fully saturated rings. The molecule has 0 radical (unpaired) electrons. The average Bonchev–Trinajstić information content (AvgIpc) is 2.20. The van der Waals surface area contributed by atoms with Gasteiger partial charge >= 0.3 is 0 Å². The normalized spacial score (nSPS) is 30.1. The van der Waals surface area contributed by atoms with E-state index in [-0.39, 0.29) is 12.7 Å². The molecule has 0 spiro atoms. The molecule has 14 heavy (non-hydrogen) atoms. The SMILES string of the molecule is CC1Oc2ccccc2OC1(C)CO. The molecule has 0 saturated carbocycles. The van der Waals surface area contributed by atoms with Gasteiger partial charge in [-0.2, -0.15) is 0 Å². The van der Waals surface area contributed by atoms with E-state index < -0.39 is 5.60 Å². The molecule has 2 rings (SSSR count). The van der Waals surface area contributed by atoms with Crippen LogP contribution in [-0.2, 0) is 0 Å². The predicted molar refractivity (Wildman–Crippen MR) is 52.7 cm³/mol. The number of hydrogen-bond acceptors (Lipinski definition) is 3. The van der Waals surface area contributed by atoms with Gasteiger partial charge in [0.2, 0.25) is 0 Å². The molecule has 1 aromatic rings. The number of aliphatic hydroxyl groups excluding tert-OH is 1. The summed E-state index contributed by atoms with van der Waals surface area (Å²) >= 11 is 0. The molecule has 1 aromatic carbocycles. The fourth-order valence-corrected chi connectivity index (χ4v) is 1.44. The highest BCUT2D eigenvalue weighted by molar-refractivity contribution is 5.41. The van der Waals surface area contributed by atoms with E-state index in [0.717, 1.165) is 5.75 Å². The largest absolute Gasteiger partial charge is 0.483 e. The maximum Gasteiger partial charge on any atom is 0.165 e. The fourth-order valence-electron chi connectivity index (χ4n) is 1.44. The first kappa shape index (κ1) is 9.34. The molecule has 1 heterocycles. The Bertz CT molecular complexity index is 337. The highest BCUT2D eigenvalue weighted by Crippen LogP contribution is 2.37. The van der Waals surface area contributed by atoms with Crippen LogP contribution in [0.4, 0.5) is 0 Å². The van der Waals surface area contributed by atoms with Gasteiger partial charge in [-0.1, -0.05) is 12.1 Å². The molecule has 0 bridgehead atoms. The zero-order valence-corrected chi connectivity index (χ0v) is 8.36. The summed E-state index contributed by atoms with van der Waals surface area (Å²) in [7, 11) is 0. The highest BCUT2D eigenvalue weighted by atomic mass is 16.6. The fraction of sp³-hybridized carbons (Fsp3) is 0.455. The first-order valence-corrected chi connectivity index (χ1v) is 4.71. The highest BCUT2D eigenvalue weighted by Gasteiger charge is 2.39. The molecule has 1 aliphatic heterocycles. The quantitative estimate of drug-likeness (QED) is 0.738. The Hall–Kier alpha value is -1.22. The lowest BCUT2D eigenvalue weighted by Gasteiger charge is -2.39. The molecule has 0 saturated heterocycles. The van der Waals surface area contributed by atoms with Crippen molar-refractivity contribution in [3.8, 4) is 11.5 Å². The number of aliphatic hydroxyl groups is 1. The van der Waals surface area contributed by atoms with Crippen molar-refractivity contribution >= 4 is 0 Å². The van der Waals surface area contributed by atoms with Crippen LogP contribution in [0, 0.1) is 0 Å². The van der Waals surface area contributed by atoms with Crippen LogP contribution in [-0.4, -0.2) is 23.4 Å². The van der Waals surface area contributed by atoms with Crippen LogP contribution in [0.3, 0.4) is 0 Å². The van der Waals surface area contributed by atoms with E-state index in [2.05, 4.69) is 0 Å². The van der Waals surface area contributed by atoms with Crippen LogP contribution in [0.25, 0.3) is 0 Å². The molecule has 1 aliphatic rings. The Morgan fingerprint density at radius 3 is 2.64 bits per heavy atom. The van der Waals surface area contributed by atoms with Crippen LogP contribution < -0.4 is 9.47 Å². The second kappa shape index (κ2) is 3.17. The molecule has 0 amide bonds. The van der Waals surface area contributed by atoms with Gasteiger partial charge in [-0.05, 0) is 26.0 Å². The Kier molecular flexibility index (Phi) is 2.11. The number of benzene rings is 1. The van der Waals surface area contributed by atoms with Crippen molar-refractivity contribution in [1.82, 2.24) is 0 Å². The Labute approximate surface area is 83.3 Å². The van der Waals surface area contributed by atoms with Crippen molar-refractivity contribution in [2.24, 2.45) is 0 Å². The Morgan fingerprint density at radius 1 is 1.36 bits per heavy atom. The topological polar surface area (TPSA) is 38.7 Å². The standard InChI is InChI=1S/C11H14O3/c1-8-11(2,7-12)14-10-6-4-3-5-9(10)13-8/h3-6,8,12H,7H2,1-2H3. The zero-order valence-electron chi connectivity index (χ0n) is 8.36. The summed E-state index contributed by atoms with van der Waals surface area (Å²) < 4.78 is 11.4. The third kappa shape index (κ3) is 1.34. The van der Waals surface area contributed by atoms with Crippen molar-refractivity contribution < 1.29 is 14.6 Å². The van der Waals surface area contributed by atoms with E-state index in [4.69, 9.17) is 9.47 Å². The van der Waals surface area contributed by atoms with Crippen LogP contribution >= 0.6 is 0 Å². The number of para-hydroxylation sites is 2. The van der Waals surface area contributed by atoms with E-state index >= 15 is 0 Å². The van der Waals surface area contributed by atoms with Crippen molar-refractivity contribution in [3.63, 3.8) is 0 Å². The second-order valence-electron chi connectivity index (χ2n) is 3.78. The maximum atomic E-state index is 9.24. The Morgan fingerprint density at radius 2 is 2.00 bits per heavy atom. The summed E-state index contributed by atoms with van der Waals surface area (Å²) in [4.78, 5) is 0. The second-order valence-corrected chi connectivity index (χ2v) is 3.78. The smallest absolute Gasteiger partial charge is 0.165 e. The van der Waals surface area contributed by atoms with Gasteiger partial charge in [0.1, 0.15) is 6.10 Å². The average molecular weight is 194 g/mol. The summed E-state index contributed by atoms with van der Waals surface area (Å²) in [5.74, 6) is 1.44. The molecule has 2 atom stereocenters. The minimum Gasteiger partial charge on any atom is -0.483 e. The minimum atomic E-state index is -0.644. The van der Waals surface area contributed by atoms with Gasteiger partial charge in [-0.25, -0.2) is 0 Å². The first-order valence-electron chi connectivity index (χ1n) is 4.71.